The van der Waals surface area contributed by atoms with Crippen molar-refractivity contribution < 1.29 is 14.4 Å². The summed E-state index contributed by atoms with van der Waals surface area (Å²) in [5, 5.41) is 6.02. The Balaban J connectivity index is 1.40. The minimum Gasteiger partial charge on any atom is -0.351 e. The van der Waals surface area contributed by atoms with Gasteiger partial charge in [0.2, 0.25) is 11.8 Å². The van der Waals surface area contributed by atoms with Gasteiger partial charge in [0.15, 0.2) is 0 Å². The zero-order valence-corrected chi connectivity index (χ0v) is 16.6. The summed E-state index contributed by atoms with van der Waals surface area (Å²) in [5.74, 6) is -0.316. The van der Waals surface area contributed by atoms with Gasteiger partial charge in [-0.15, -0.1) is 0 Å². The SMILES string of the molecule is O=C(C=Cc1ccc(N2CCCC2=O)cc1)NCCNC(=O)c1ccc(Cl)cc1. The molecule has 1 heterocycles. The van der Waals surface area contributed by atoms with Gasteiger partial charge in [0.05, 0.1) is 0 Å². The van der Waals surface area contributed by atoms with E-state index < -0.39 is 0 Å². The Morgan fingerprint density at radius 2 is 1.69 bits per heavy atom. The topological polar surface area (TPSA) is 78.5 Å². The molecule has 150 valence electrons. The molecule has 2 N–H and O–H groups in total. The van der Waals surface area contributed by atoms with E-state index in [0.717, 1.165) is 24.2 Å². The van der Waals surface area contributed by atoms with Gasteiger partial charge in [-0.3, -0.25) is 14.4 Å². The van der Waals surface area contributed by atoms with Crippen molar-refractivity contribution in [3.8, 4) is 0 Å². The van der Waals surface area contributed by atoms with Gasteiger partial charge in [0, 0.05) is 48.4 Å². The second-order valence-corrected chi connectivity index (χ2v) is 7.06. The average Bonchev–Trinajstić information content (AvgIpc) is 3.16. The Morgan fingerprint density at radius 1 is 1.00 bits per heavy atom. The highest BCUT2D eigenvalue weighted by Gasteiger charge is 2.21. The number of anilines is 1. The molecule has 0 aromatic heterocycles. The Kier molecular flexibility index (Phi) is 7.03. The molecule has 0 radical (unpaired) electrons. The number of hydrogen-bond acceptors (Lipinski definition) is 3. The quantitative estimate of drug-likeness (QED) is 0.543. The summed E-state index contributed by atoms with van der Waals surface area (Å²) in [6.07, 6.45) is 4.64. The molecule has 3 rings (SSSR count). The molecule has 1 aliphatic rings. The maximum absolute atomic E-state index is 11.9. The monoisotopic (exact) mass is 411 g/mol. The molecule has 0 saturated carbocycles. The molecular formula is C22H22ClN3O3. The summed E-state index contributed by atoms with van der Waals surface area (Å²) in [6.45, 7) is 1.39. The van der Waals surface area contributed by atoms with Gasteiger partial charge in [0.1, 0.15) is 0 Å². The number of rotatable bonds is 7. The third kappa shape index (κ3) is 5.93. The molecule has 29 heavy (non-hydrogen) atoms. The third-order valence-corrected chi connectivity index (χ3v) is 4.77. The van der Waals surface area contributed by atoms with Crippen molar-refractivity contribution in [3.05, 3.63) is 70.8 Å². The van der Waals surface area contributed by atoms with Crippen molar-refractivity contribution in [2.45, 2.75) is 12.8 Å². The first kappa shape index (κ1) is 20.6. The normalized spacial score (nSPS) is 13.7. The molecule has 3 amide bonds. The zero-order chi connectivity index (χ0) is 20.6. The average molecular weight is 412 g/mol. The number of carbonyl (C=O) groups excluding carboxylic acids is 3. The Hall–Kier alpha value is -3.12. The first-order valence-electron chi connectivity index (χ1n) is 9.43. The van der Waals surface area contributed by atoms with E-state index in [4.69, 9.17) is 11.6 Å². The number of nitrogens with zero attached hydrogens (tertiary/aromatic N) is 1. The van der Waals surface area contributed by atoms with E-state index in [-0.39, 0.29) is 17.7 Å². The van der Waals surface area contributed by atoms with Crippen LogP contribution in [0.1, 0.15) is 28.8 Å². The highest BCUT2D eigenvalue weighted by Crippen LogP contribution is 2.21. The maximum Gasteiger partial charge on any atom is 0.251 e. The fraction of sp³-hybridized carbons (Fsp3) is 0.227. The zero-order valence-electron chi connectivity index (χ0n) is 15.9. The Morgan fingerprint density at radius 3 is 2.34 bits per heavy atom. The number of amides is 3. The smallest absolute Gasteiger partial charge is 0.251 e. The van der Waals surface area contributed by atoms with Gasteiger partial charge < -0.3 is 15.5 Å². The fourth-order valence-electron chi connectivity index (χ4n) is 2.98. The van der Waals surface area contributed by atoms with E-state index in [1.54, 1.807) is 35.2 Å². The summed E-state index contributed by atoms with van der Waals surface area (Å²) in [4.78, 5) is 37.4. The first-order chi connectivity index (χ1) is 14.0. The van der Waals surface area contributed by atoms with Gasteiger partial charge in [-0.2, -0.15) is 0 Å². The van der Waals surface area contributed by atoms with Crippen LogP contribution >= 0.6 is 11.6 Å². The van der Waals surface area contributed by atoms with E-state index in [9.17, 15) is 14.4 Å². The van der Waals surface area contributed by atoms with Crippen LogP contribution in [-0.4, -0.2) is 37.4 Å². The van der Waals surface area contributed by atoms with Crippen LogP contribution in [0.25, 0.3) is 6.08 Å². The van der Waals surface area contributed by atoms with Gasteiger partial charge in [0.25, 0.3) is 5.91 Å². The van der Waals surface area contributed by atoms with Crippen LogP contribution in [0.3, 0.4) is 0 Å². The van der Waals surface area contributed by atoms with Gasteiger partial charge >= 0.3 is 0 Å². The molecule has 0 bridgehead atoms. The predicted molar refractivity (Wildman–Crippen MR) is 114 cm³/mol. The van der Waals surface area contributed by atoms with Crippen molar-refractivity contribution in [3.63, 3.8) is 0 Å². The third-order valence-electron chi connectivity index (χ3n) is 4.52. The summed E-state index contributed by atoms with van der Waals surface area (Å²) >= 11 is 5.79. The second kappa shape index (κ2) is 9.89. The van der Waals surface area contributed by atoms with Crippen LogP contribution in [-0.2, 0) is 9.59 Å². The lowest BCUT2D eigenvalue weighted by Crippen LogP contribution is -2.33. The molecule has 2 aromatic carbocycles. The van der Waals surface area contributed by atoms with Crippen molar-refractivity contribution in [1.29, 1.82) is 0 Å². The Bertz CT molecular complexity index is 908. The number of carbonyl (C=O) groups is 3. The van der Waals surface area contributed by atoms with Crippen LogP contribution in [0.5, 0.6) is 0 Å². The summed E-state index contributed by atoms with van der Waals surface area (Å²) in [6, 6.07) is 14.1. The first-order valence-corrected chi connectivity index (χ1v) is 9.81. The van der Waals surface area contributed by atoms with Crippen LogP contribution in [0.4, 0.5) is 5.69 Å². The predicted octanol–water partition coefficient (Wildman–Crippen LogP) is 3.03. The largest absolute Gasteiger partial charge is 0.351 e. The molecular weight excluding hydrogens is 390 g/mol. The lowest BCUT2D eigenvalue weighted by atomic mass is 10.2. The van der Waals surface area contributed by atoms with Gasteiger partial charge in [-0.25, -0.2) is 0 Å². The van der Waals surface area contributed by atoms with Crippen molar-refractivity contribution in [1.82, 2.24) is 10.6 Å². The molecule has 1 fully saturated rings. The van der Waals surface area contributed by atoms with Crippen molar-refractivity contribution in [2.24, 2.45) is 0 Å². The van der Waals surface area contributed by atoms with Crippen molar-refractivity contribution >= 4 is 41.1 Å². The fourth-order valence-corrected chi connectivity index (χ4v) is 3.11. The van der Waals surface area contributed by atoms with E-state index >= 15 is 0 Å². The highest BCUT2D eigenvalue weighted by atomic mass is 35.5. The second-order valence-electron chi connectivity index (χ2n) is 6.63. The van der Waals surface area contributed by atoms with Crippen LogP contribution in [0.2, 0.25) is 5.02 Å². The molecule has 7 heteroatoms. The molecule has 1 aliphatic heterocycles. The maximum atomic E-state index is 11.9. The van der Waals surface area contributed by atoms with E-state index in [2.05, 4.69) is 10.6 Å². The number of halogens is 1. The van der Waals surface area contributed by atoms with E-state index in [1.807, 2.05) is 24.3 Å². The number of nitrogens with one attached hydrogen (secondary N) is 2. The molecule has 0 aliphatic carbocycles. The number of benzene rings is 2. The van der Waals surface area contributed by atoms with Crippen LogP contribution in [0.15, 0.2) is 54.6 Å². The number of hydrogen-bond donors (Lipinski definition) is 2. The lowest BCUT2D eigenvalue weighted by molar-refractivity contribution is -0.117. The molecule has 0 atom stereocenters. The highest BCUT2D eigenvalue weighted by molar-refractivity contribution is 6.30. The van der Waals surface area contributed by atoms with E-state index in [1.165, 1.54) is 6.08 Å². The lowest BCUT2D eigenvalue weighted by Gasteiger charge is -2.15. The molecule has 2 aromatic rings. The summed E-state index contributed by atoms with van der Waals surface area (Å²) < 4.78 is 0. The Labute approximate surface area is 174 Å². The summed E-state index contributed by atoms with van der Waals surface area (Å²) in [7, 11) is 0. The van der Waals surface area contributed by atoms with Gasteiger partial charge in [-0.1, -0.05) is 23.7 Å². The van der Waals surface area contributed by atoms with Crippen molar-refractivity contribution in [2.75, 3.05) is 24.5 Å². The molecule has 6 nitrogen and oxygen atoms in total. The minimum absolute atomic E-state index is 0.149. The van der Waals surface area contributed by atoms with Gasteiger partial charge in [-0.05, 0) is 54.5 Å². The van der Waals surface area contributed by atoms with Crippen LogP contribution < -0.4 is 15.5 Å². The van der Waals surface area contributed by atoms with Crippen LogP contribution in [0, 0.1) is 0 Å². The summed E-state index contributed by atoms with van der Waals surface area (Å²) in [5.41, 5.74) is 2.26. The molecule has 0 unspecified atom stereocenters. The molecule has 0 spiro atoms. The minimum atomic E-state index is -0.246. The standard InChI is InChI=1S/C22H22ClN3O3/c23-18-8-6-17(7-9-18)22(29)25-14-13-24-20(27)12-5-16-3-10-19(11-4-16)26-15-1-2-21(26)28/h3-12H,1-2,13-15H2,(H,24,27)(H,25,29). The molecule has 1 saturated heterocycles. The van der Waals surface area contributed by atoms with E-state index in [0.29, 0.717) is 30.1 Å².